The fraction of sp³-hybridized carbons (Fsp3) is 0. The number of nitrogens with zero attached hydrogens (tertiary/aromatic N) is 1. The fourth-order valence-corrected chi connectivity index (χ4v) is 0.927. The minimum Gasteiger partial charge on any atom is -0.299 e. The van der Waals surface area contributed by atoms with Crippen molar-refractivity contribution in [2.75, 3.05) is 0 Å². The molecule has 0 radical (unpaired) electrons. The van der Waals surface area contributed by atoms with E-state index in [2.05, 4.69) is 10.4 Å². The standard InChI is InChI=1S/C10H11N3S/c11-13-10(14)12-8-4-7-9-5-2-1-3-6-9/h1-8H,11H2,(H,13,14). The maximum atomic E-state index is 5.04. The summed E-state index contributed by atoms with van der Waals surface area (Å²) >= 11 is 4.72. The molecule has 72 valence electrons. The van der Waals surface area contributed by atoms with Gasteiger partial charge < -0.3 is 0 Å². The number of hydrazine groups is 1. The molecule has 0 spiro atoms. The highest BCUT2D eigenvalue weighted by Crippen LogP contribution is 1.99. The number of hydrogen-bond acceptors (Lipinski definition) is 2. The van der Waals surface area contributed by atoms with Crippen LogP contribution in [-0.2, 0) is 0 Å². The van der Waals surface area contributed by atoms with Crippen LogP contribution in [0.4, 0.5) is 0 Å². The summed E-state index contributed by atoms with van der Waals surface area (Å²) in [7, 11) is 0. The maximum absolute atomic E-state index is 5.04. The summed E-state index contributed by atoms with van der Waals surface area (Å²) in [5.41, 5.74) is 3.38. The molecule has 0 bridgehead atoms. The van der Waals surface area contributed by atoms with Gasteiger partial charge in [-0.3, -0.25) is 5.43 Å². The van der Waals surface area contributed by atoms with Gasteiger partial charge in [-0.2, -0.15) is 0 Å². The third-order valence-corrected chi connectivity index (χ3v) is 1.71. The number of nitrogens with two attached hydrogens (primary N) is 1. The molecule has 0 fully saturated rings. The van der Waals surface area contributed by atoms with Crippen molar-refractivity contribution in [2.45, 2.75) is 0 Å². The molecule has 1 rings (SSSR count). The van der Waals surface area contributed by atoms with Gasteiger partial charge in [-0.1, -0.05) is 36.4 Å². The summed E-state index contributed by atoms with van der Waals surface area (Å²) < 4.78 is 0. The molecule has 0 aromatic heterocycles. The summed E-state index contributed by atoms with van der Waals surface area (Å²) in [5, 5.41) is 0.266. The van der Waals surface area contributed by atoms with E-state index in [4.69, 9.17) is 18.1 Å². The fourth-order valence-electron chi connectivity index (χ4n) is 0.866. The van der Waals surface area contributed by atoms with Gasteiger partial charge in [-0.15, -0.1) is 0 Å². The Balaban J connectivity index is 2.50. The normalized spacial score (nSPS) is 10.9. The Hall–Kier alpha value is -1.52. The molecule has 3 N–H and O–H groups in total. The third-order valence-electron chi connectivity index (χ3n) is 1.49. The second kappa shape index (κ2) is 6.01. The van der Waals surface area contributed by atoms with Gasteiger partial charge in [-0.05, 0) is 23.9 Å². The third kappa shape index (κ3) is 3.93. The van der Waals surface area contributed by atoms with Crippen LogP contribution in [0.5, 0.6) is 0 Å². The van der Waals surface area contributed by atoms with Crippen LogP contribution in [0.3, 0.4) is 0 Å². The van der Waals surface area contributed by atoms with E-state index < -0.39 is 0 Å². The number of aliphatic imine (C=N–C) groups is 1. The van der Waals surface area contributed by atoms with Crippen LogP contribution in [-0.4, -0.2) is 11.3 Å². The number of benzene rings is 1. The Morgan fingerprint density at radius 1 is 1.36 bits per heavy atom. The van der Waals surface area contributed by atoms with E-state index in [-0.39, 0.29) is 5.11 Å². The second-order valence-electron chi connectivity index (χ2n) is 2.50. The number of thiocarbonyl (C=S) groups is 1. The molecule has 0 saturated carbocycles. The van der Waals surface area contributed by atoms with Crippen molar-refractivity contribution < 1.29 is 0 Å². The van der Waals surface area contributed by atoms with Gasteiger partial charge in [0.15, 0.2) is 0 Å². The molecule has 1 aromatic rings. The molecule has 0 aliphatic rings. The molecule has 3 nitrogen and oxygen atoms in total. The molecule has 0 heterocycles. The van der Waals surface area contributed by atoms with Crippen LogP contribution < -0.4 is 11.3 Å². The SMILES string of the molecule is NNC(=S)N=CC=Cc1ccccc1. The molecular weight excluding hydrogens is 194 g/mol. The van der Waals surface area contributed by atoms with Crippen molar-refractivity contribution >= 4 is 29.6 Å². The maximum Gasteiger partial charge on any atom is 0.207 e. The van der Waals surface area contributed by atoms with E-state index in [9.17, 15) is 0 Å². The van der Waals surface area contributed by atoms with E-state index in [0.29, 0.717) is 0 Å². The molecule has 0 aliphatic heterocycles. The predicted molar refractivity (Wildman–Crippen MR) is 63.9 cm³/mol. The zero-order chi connectivity index (χ0) is 10.2. The van der Waals surface area contributed by atoms with Crippen molar-refractivity contribution in [3.05, 3.63) is 42.0 Å². The summed E-state index contributed by atoms with van der Waals surface area (Å²) in [6.45, 7) is 0. The van der Waals surface area contributed by atoms with Crippen molar-refractivity contribution in [3.8, 4) is 0 Å². The van der Waals surface area contributed by atoms with Gasteiger partial charge in [-0.25, -0.2) is 10.8 Å². The Morgan fingerprint density at radius 3 is 2.71 bits per heavy atom. The average molecular weight is 205 g/mol. The monoisotopic (exact) mass is 205 g/mol. The van der Waals surface area contributed by atoms with Crippen LogP contribution in [0, 0.1) is 0 Å². The van der Waals surface area contributed by atoms with Crippen LogP contribution in [0.25, 0.3) is 6.08 Å². The molecule has 0 unspecified atom stereocenters. The zero-order valence-corrected chi connectivity index (χ0v) is 8.37. The second-order valence-corrected chi connectivity index (χ2v) is 2.88. The van der Waals surface area contributed by atoms with E-state index >= 15 is 0 Å². The Labute approximate surface area is 88.3 Å². The minimum atomic E-state index is 0.266. The first-order valence-corrected chi connectivity index (χ1v) is 4.50. The molecule has 14 heavy (non-hydrogen) atoms. The van der Waals surface area contributed by atoms with Gasteiger partial charge in [0.2, 0.25) is 5.11 Å². The Morgan fingerprint density at radius 2 is 2.07 bits per heavy atom. The first-order chi connectivity index (χ1) is 6.83. The zero-order valence-electron chi connectivity index (χ0n) is 7.55. The molecule has 0 saturated heterocycles. The number of nitrogens with one attached hydrogen (secondary N) is 1. The lowest BCUT2D eigenvalue weighted by molar-refractivity contribution is 1.04. The van der Waals surface area contributed by atoms with Crippen LogP contribution in [0.1, 0.15) is 5.56 Å². The minimum absolute atomic E-state index is 0.266. The first-order valence-electron chi connectivity index (χ1n) is 4.09. The number of hydrogen-bond donors (Lipinski definition) is 2. The molecular formula is C10H11N3S. The van der Waals surface area contributed by atoms with Gasteiger partial charge in [0, 0.05) is 6.21 Å². The van der Waals surface area contributed by atoms with E-state index in [0.717, 1.165) is 5.56 Å². The largest absolute Gasteiger partial charge is 0.299 e. The van der Waals surface area contributed by atoms with E-state index in [1.807, 2.05) is 36.4 Å². The van der Waals surface area contributed by atoms with Gasteiger partial charge >= 0.3 is 0 Å². The quantitative estimate of drug-likeness (QED) is 0.333. The van der Waals surface area contributed by atoms with Crippen molar-refractivity contribution in [1.29, 1.82) is 0 Å². The first kappa shape index (κ1) is 10.6. The lowest BCUT2D eigenvalue weighted by Gasteiger charge is -1.90. The number of rotatable bonds is 2. The number of allylic oxidation sites excluding steroid dienone is 1. The highest BCUT2D eigenvalue weighted by Gasteiger charge is 1.82. The molecule has 0 aliphatic carbocycles. The Kier molecular flexibility index (Phi) is 4.54. The molecule has 0 amide bonds. The van der Waals surface area contributed by atoms with Crippen molar-refractivity contribution in [2.24, 2.45) is 10.8 Å². The van der Waals surface area contributed by atoms with E-state index in [1.54, 1.807) is 12.3 Å². The highest BCUT2D eigenvalue weighted by molar-refractivity contribution is 7.80. The summed E-state index contributed by atoms with van der Waals surface area (Å²) in [6.07, 6.45) is 5.33. The summed E-state index contributed by atoms with van der Waals surface area (Å²) in [6, 6.07) is 9.93. The Bertz CT molecular complexity index is 344. The van der Waals surface area contributed by atoms with Crippen molar-refractivity contribution in [3.63, 3.8) is 0 Å². The lowest BCUT2D eigenvalue weighted by Crippen LogP contribution is -2.26. The molecule has 1 aromatic carbocycles. The molecule has 4 heteroatoms. The van der Waals surface area contributed by atoms with Crippen LogP contribution >= 0.6 is 12.2 Å². The van der Waals surface area contributed by atoms with Crippen LogP contribution in [0.15, 0.2) is 41.4 Å². The molecule has 0 atom stereocenters. The average Bonchev–Trinajstić information content (AvgIpc) is 2.25. The highest BCUT2D eigenvalue weighted by atomic mass is 32.1. The van der Waals surface area contributed by atoms with Crippen LogP contribution in [0.2, 0.25) is 0 Å². The van der Waals surface area contributed by atoms with Gasteiger partial charge in [0.25, 0.3) is 0 Å². The van der Waals surface area contributed by atoms with E-state index in [1.165, 1.54) is 0 Å². The topological polar surface area (TPSA) is 50.4 Å². The van der Waals surface area contributed by atoms with Gasteiger partial charge in [0.05, 0.1) is 0 Å². The predicted octanol–water partition coefficient (Wildman–Crippen LogP) is 1.52. The summed E-state index contributed by atoms with van der Waals surface area (Å²) in [4.78, 5) is 3.84. The van der Waals surface area contributed by atoms with Crippen molar-refractivity contribution in [1.82, 2.24) is 5.43 Å². The van der Waals surface area contributed by atoms with Gasteiger partial charge in [0.1, 0.15) is 0 Å². The lowest BCUT2D eigenvalue weighted by atomic mass is 10.2. The summed E-state index contributed by atoms with van der Waals surface area (Å²) in [5.74, 6) is 5.04. The smallest absolute Gasteiger partial charge is 0.207 e.